The second-order valence-electron chi connectivity index (χ2n) is 13.6. The number of carbonyl (C=O) groups excluding carboxylic acids is 3. The molecule has 0 aromatic heterocycles. The molecule has 0 bridgehead atoms. The second-order valence-corrected chi connectivity index (χ2v) is 13.6. The minimum absolute atomic E-state index is 0.0438. The Bertz CT molecular complexity index is 1660. The molecule has 1 fully saturated rings. The smallest absolute Gasteiger partial charge is 0.264 e. The van der Waals surface area contributed by atoms with Crippen molar-refractivity contribution < 1.29 is 49.8 Å². The van der Waals surface area contributed by atoms with Gasteiger partial charge in [-0.3, -0.25) is 14.4 Å². The van der Waals surface area contributed by atoms with E-state index in [2.05, 4.69) is 11.4 Å². The molecule has 1 saturated heterocycles. The highest BCUT2D eigenvalue weighted by atomic mass is 16.6. The van der Waals surface area contributed by atoms with E-state index in [0.29, 0.717) is 12.2 Å². The zero-order valence-corrected chi connectivity index (χ0v) is 30.1. The lowest BCUT2D eigenvalue weighted by Gasteiger charge is -2.37. The lowest BCUT2D eigenvalue weighted by Crippen LogP contribution is -2.60. The normalized spacial score (nSPS) is 25.2. The molecule has 0 unspecified atom stereocenters. The van der Waals surface area contributed by atoms with Crippen LogP contribution in [0.15, 0.2) is 84.0 Å². The summed E-state index contributed by atoms with van der Waals surface area (Å²) in [6.45, 7) is 8.08. The summed E-state index contributed by atoms with van der Waals surface area (Å²) >= 11 is 0. The number of rotatable bonds is 15. The molecule has 13 heteroatoms. The van der Waals surface area contributed by atoms with Gasteiger partial charge in [0.15, 0.2) is 18.0 Å². The van der Waals surface area contributed by atoms with Crippen LogP contribution in [-0.2, 0) is 31.3 Å². The fourth-order valence-corrected chi connectivity index (χ4v) is 6.29. The Morgan fingerprint density at radius 1 is 1.02 bits per heavy atom. The molecule has 7 N–H and O–H groups in total. The summed E-state index contributed by atoms with van der Waals surface area (Å²) in [5, 5.41) is 64.5. The highest BCUT2D eigenvalue weighted by Gasteiger charge is 2.52. The van der Waals surface area contributed by atoms with E-state index in [0.717, 1.165) is 24.0 Å². The standard InChI is InChI=1S/C39H51N3O10/c1-24(2)10-8-11-25(3)18-19-42-30-17-16-28(40-36(48)35-33(46)32(45)34(47)37(49)52-35)22-29(30)39(51,38(42)50)26(4)12-9-15-31(44)41(20-21-43)23-27-13-6-5-7-14-27/h5-7,9-10,12-14,16-18,22,26,32-35,37,43,45-47,49,51H,8,11,15,19-21,23H2,1-4H3,(H,40,48)/b12-9+,25-18+/t26-,32-,33-,34+,35-,37+,39+/m0/s1. The molecule has 4 rings (SSSR count). The highest BCUT2D eigenvalue weighted by Crippen LogP contribution is 2.46. The molecule has 0 spiro atoms. The molecule has 2 aliphatic heterocycles. The van der Waals surface area contributed by atoms with Gasteiger partial charge in [-0.25, -0.2) is 0 Å². The highest BCUT2D eigenvalue weighted by molar-refractivity contribution is 6.08. The van der Waals surface area contributed by atoms with Crippen molar-refractivity contribution in [1.29, 1.82) is 0 Å². The molecule has 2 aromatic rings. The minimum atomic E-state index is -2.11. The second kappa shape index (κ2) is 18.0. The average Bonchev–Trinajstić information content (AvgIpc) is 3.33. The van der Waals surface area contributed by atoms with Crippen molar-refractivity contribution in [2.24, 2.45) is 5.92 Å². The summed E-state index contributed by atoms with van der Waals surface area (Å²) in [5.41, 5.74) is 1.80. The van der Waals surface area contributed by atoms with Crippen LogP contribution in [0.5, 0.6) is 0 Å². The van der Waals surface area contributed by atoms with Crippen molar-refractivity contribution in [2.75, 3.05) is 29.9 Å². The first-order valence-electron chi connectivity index (χ1n) is 17.4. The number of ether oxygens (including phenoxy) is 1. The summed E-state index contributed by atoms with van der Waals surface area (Å²) < 4.78 is 5.05. The van der Waals surface area contributed by atoms with Gasteiger partial charge in [-0.05, 0) is 57.4 Å². The number of carbonyl (C=O) groups is 3. The molecule has 3 amide bonds. The molecular formula is C39H51N3O10. The molecular weight excluding hydrogens is 670 g/mol. The van der Waals surface area contributed by atoms with Gasteiger partial charge >= 0.3 is 0 Å². The number of aliphatic hydroxyl groups excluding tert-OH is 5. The maximum Gasteiger partial charge on any atom is 0.264 e. The molecule has 0 aliphatic carbocycles. The fraction of sp³-hybridized carbons (Fsp3) is 0.462. The van der Waals surface area contributed by atoms with Crippen LogP contribution in [0, 0.1) is 5.92 Å². The summed E-state index contributed by atoms with van der Waals surface area (Å²) in [4.78, 5) is 43.4. The number of hydrogen-bond donors (Lipinski definition) is 7. The van der Waals surface area contributed by atoms with Crippen molar-refractivity contribution in [2.45, 2.75) is 89.8 Å². The predicted molar refractivity (Wildman–Crippen MR) is 195 cm³/mol. The van der Waals surface area contributed by atoms with Crippen LogP contribution < -0.4 is 10.2 Å². The molecule has 52 heavy (non-hydrogen) atoms. The number of aliphatic hydroxyl groups is 6. The molecule has 0 radical (unpaired) electrons. The third kappa shape index (κ3) is 9.41. The minimum Gasteiger partial charge on any atom is -0.395 e. The van der Waals surface area contributed by atoms with Crippen LogP contribution in [-0.4, -0.2) is 104 Å². The summed E-state index contributed by atoms with van der Waals surface area (Å²) in [5.74, 6) is -2.63. The predicted octanol–water partition coefficient (Wildman–Crippen LogP) is 2.26. The first kappa shape index (κ1) is 40.6. The van der Waals surface area contributed by atoms with Crippen molar-refractivity contribution in [3.05, 3.63) is 95.1 Å². The van der Waals surface area contributed by atoms with Gasteiger partial charge in [0.2, 0.25) is 5.91 Å². The van der Waals surface area contributed by atoms with Gasteiger partial charge in [-0.1, -0.05) is 72.7 Å². The van der Waals surface area contributed by atoms with Crippen molar-refractivity contribution in [3.63, 3.8) is 0 Å². The van der Waals surface area contributed by atoms with Gasteiger partial charge in [0.1, 0.15) is 18.3 Å². The van der Waals surface area contributed by atoms with Crippen LogP contribution in [0.1, 0.15) is 58.1 Å². The number of nitrogens with zero attached hydrogens (tertiary/aromatic N) is 2. The molecule has 282 valence electrons. The van der Waals surface area contributed by atoms with Crippen LogP contribution in [0.2, 0.25) is 0 Å². The Morgan fingerprint density at radius 3 is 2.40 bits per heavy atom. The van der Waals surface area contributed by atoms with Gasteiger partial charge in [-0.2, -0.15) is 0 Å². The summed E-state index contributed by atoms with van der Waals surface area (Å²) in [6.07, 6.45) is -0.335. The Kier molecular flexibility index (Phi) is 14.1. The molecule has 2 aromatic carbocycles. The van der Waals surface area contributed by atoms with Gasteiger partial charge in [-0.15, -0.1) is 0 Å². The number of hydrogen-bond acceptors (Lipinski definition) is 10. The van der Waals surface area contributed by atoms with Crippen LogP contribution in [0.25, 0.3) is 0 Å². The molecule has 13 nitrogen and oxygen atoms in total. The number of fused-ring (bicyclic) bond motifs is 1. The number of nitrogens with one attached hydrogen (secondary N) is 1. The van der Waals surface area contributed by atoms with E-state index in [-0.39, 0.29) is 43.3 Å². The van der Waals surface area contributed by atoms with Crippen molar-refractivity contribution in [3.8, 4) is 0 Å². The molecule has 0 saturated carbocycles. The SMILES string of the molecule is CC(C)=CCC/C(C)=C/CN1C(=O)[C@@](O)([C@@H](C)/C=C/CC(=O)N(CCO)Cc2ccccc2)c2cc(NC(=O)[C@H]3O[C@@H](O)[C@H](O)[C@@H](O)[C@@H]3O)ccc21. The van der Waals surface area contributed by atoms with E-state index >= 15 is 0 Å². The average molecular weight is 722 g/mol. The van der Waals surface area contributed by atoms with E-state index in [1.807, 2.05) is 57.2 Å². The van der Waals surface area contributed by atoms with E-state index < -0.39 is 54.0 Å². The monoisotopic (exact) mass is 721 g/mol. The molecule has 2 aliphatic rings. The summed E-state index contributed by atoms with van der Waals surface area (Å²) in [6, 6.07) is 13.9. The number of amides is 3. The first-order valence-corrected chi connectivity index (χ1v) is 17.4. The lowest BCUT2D eigenvalue weighted by atomic mass is 9.82. The quantitative estimate of drug-likeness (QED) is 0.134. The Morgan fingerprint density at radius 2 is 1.73 bits per heavy atom. The first-order chi connectivity index (χ1) is 24.7. The topological polar surface area (TPSA) is 200 Å². The number of anilines is 2. The number of allylic oxidation sites excluding steroid dienone is 3. The van der Waals surface area contributed by atoms with Gasteiger partial charge < -0.3 is 50.5 Å². The Hall–Kier alpha value is -4.21. The lowest BCUT2D eigenvalue weighted by molar-refractivity contribution is -0.274. The van der Waals surface area contributed by atoms with Crippen molar-refractivity contribution >= 4 is 29.1 Å². The Labute approximate surface area is 304 Å². The van der Waals surface area contributed by atoms with E-state index in [1.165, 1.54) is 27.5 Å². The van der Waals surface area contributed by atoms with Crippen LogP contribution >= 0.6 is 0 Å². The van der Waals surface area contributed by atoms with E-state index in [1.54, 1.807) is 25.1 Å². The van der Waals surface area contributed by atoms with Gasteiger partial charge in [0.05, 0.1) is 12.3 Å². The number of benzene rings is 2. The van der Waals surface area contributed by atoms with Gasteiger partial charge in [0, 0.05) is 43.2 Å². The molecule has 7 atom stereocenters. The van der Waals surface area contributed by atoms with Crippen LogP contribution in [0.3, 0.4) is 0 Å². The summed E-state index contributed by atoms with van der Waals surface area (Å²) in [7, 11) is 0. The largest absolute Gasteiger partial charge is 0.395 e. The van der Waals surface area contributed by atoms with Gasteiger partial charge in [0.25, 0.3) is 11.8 Å². The third-order valence-electron chi connectivity index (χ3n) is 9.41. The van der Waals surface area contributed by atoms with E-state index in [4.69, 9.17) is 4.74 Å². The molecule has 2 heterocycles. The van der Waals surface area contributed by atoms with E-state index in [9.17, 15) is 45.0 Å². The third-order valence-corrected chi connectivity index (χ3v) is 9.41. The maximum atomic E-state index is 14.1. The van der Waals surface area contributed by atoms with Crippen LogP contribution in [0.4, 0.5) is 11.4 Å². The zero-order valence-electron chi connectivity index (χ0n) is 30.1. The fourth-order valence-electron chi connectivity index (χ4n) is 6.29. The van der Waals surface area contributed by atoms with Crippen molar-refractivity contribution in [1.82, 2.24) is 4.90 Å². The Balaban J connectivity index is 1.59. The zero-order chi connectivity index (χ0) is 38.2. The maximum absolute atomic E-state index is 14.1.